The number of hydrogen-bond donors (Lipinski definition) is 2. The van der Waals surface area contributed by atoms with Gasteiger partial charge in [-0.15, -0.1) is 0 Å². The maximum absolute atomic E-state index is 12.6. The smallest absolute Gasteiger partial charge is 0.241 e. The molecular weight excluding hydrogens is 330 g/mol. The summed E-state index contributed by atoms with van der Waals surface area (Å²) in [6, 6.07) is 8.95. The number of carbonyl (C=O) groups excluding carboxylic acids is 1. The molecule has 0 aliphatic carbocycles. The zero-order chi connectivity index (χ0) is 18.7. The van der Waals surface area contributed by atoms with Crippen molar-refractivity contribution in [3.05, 3.63) is 47.8 Å². The Labute approximate surface area is 153 Å². The Hall–Kier alpha value is -2.60. The van der Waals surface area contributed by atoms with Crippen molar-refractivity contribution in [3.8, 4) is 11.5 Å². The highest BCUT2D eigenvalue weighted by molar-refractivity contribution is 5.94. The van der Waals surface area contributed by atoms with Crippen molar-refractivity contribution in [2.45, 2.75) is 39.8 Å². The number of benzene rings is 1. The number of nitrogens with one attached hydrogen (secondary N) is 2. The van der Waals surface area contributed by atoms with Crippen molar-refractivity contribution < 1.29 is 14.3 Å². The lowest BCUT2D eigenvalue weighted by Gasteiger charge is -2.26. The van der Waals surface area contributed by atoms with E-state index in [2.05, 4.69) is 29.5 Å². The summed E-state index contributed by atoms with van der Waals surface area (Å²) in [4.78, 5) is 17.1. The molecule has 0 radical (unpaired) electrons. The van der Waals surface area contributed by atoms with Crippen LogP contribution in [-0.2, 0) is 4.79 Å². The van der Waals surface area contributed by atoms with Crippen LogP contribution >= 0.6 is 0 Å². The van der Waals surface area contributed by atoms with Crippen LogP contribution in [0.1, 0.15) is 38.1 Å². The molecule has 0 bridgehead atoms. The second kappa shape index (κ2) is 7.74. The fourth-order valence-corrected chi connectivity index (χ4v) is 2.98. The molecular formula is C20H25N3O3. The third kappa shape index (κ3) is 3.96. The SMILES string of the molecule is Cc1cccnc1C(NC(C)C(=O)Nc1ccc2c(c1)OCO2)C(C)C. The van der Waals surface area contributed by atoms with Gasteiger partial charge in [0, 0.05) is 18.0 Å². The third-order valence-corrected chi connectivity index (χ3v) is 4.47. The molecule has 1 aromatic heterocycles. The molecule has 6 heteroatoms. The molecule has 1 amide bonds. The quantitative estimate of drug-likeness (QED) is 0.830. The monoisotopic (exact) mass is 355 g/mol. The van der Waals surface area contributed by atoms with Crippen LogP contribution < -0.4 is 20.1 Å². The van der Waals surface area contributed by atoms with Crippen LogP contribution in [0.4, 0.5) is 5.69 Å². The second-order valence-electron chi connectivity index (χ2n) is 6.87. The molecule has 2 heterocycles. The topological polar surface area (TPSA) is 72.5 Å². The van der Waals surface area contributed by atoms with Crippen LogP contribution in [0.3, 0.4) is 0 Å². The first-order chi connectivity index (χ1) is 12.5. The van der Waals surface area contributed by atoms with Gasteiger partial charge in [0.25, 0.3) is 0 Å². The average Bonchev–Trinajstić information content (AvgIpc) is 3.07. The van der Waals surface area contributed by atoms with E-state index < -0.39 is 0 Å². The molecule has 1 aromatic carbocycles. The van der Waals surface area contributed by atoms with Gasteiger partial charge < -0.3 is 14.8 Å². The number of carbonyl (C=O) groups is 1. The van der Waals surface area contributed by atoms with Crippen molar-refractivity contribution >= 4 is 11.6 Å². The van der Waals surface area contributed by atoms with Gasteiger partial charge in [-0.1, -0.05) is 19.9 Å². The molecule has 138 valence electrons. The second-order valence-corrected chi connectivity index (χ2v) is 6.87. The van der Waals surface area contributed by atoms with E-state index in [0.717, 1.165) is 11.3 Å². The zero-order valence-electron chi connectivity index (χ0n) is 15.6. The lowest BCUT2D eigenvalue weighted by molar-refractivity contribution is -0.118. The molecule has 1 aliphatic heterocycles. The largest absolute Gasteiger partial charge is 0.454 e. The highest BCUT2D eigenvalue weighted by Crippen LogP contribution is 2.34. The number of ether oxygens (including phenoxy) is 2. The summed E-state index contributed by atoms with van der Waals surface area (Å²) in [7, 11) is 0. The van der Waals surface area contributed by atoms with Crippen molar-refractivity contribution in [1.82, 2.24) is 10.3 Å². The number of amides is 1. The molecule has 6 nitrogen and oxygen atoms in total. The number of anilines is 1. The van der Waals surface area contributed by atoms with Crippen molar-refractivity contribution in [2.75, 3.05) is 12.1 Å². The lowest BCUT2D eigenvalue weighted by Crippen LogP contribution is -2.42. The Morgan fingerprint density at radius 2 is 1.92 bits per heavy atom. The van der Waals surface area contributed by atoms with Gasteiger partial charge in [0.15, 0.2) is 11.5 Å². The van der Waals surface area contributed by atoms with Crippen LogP contribution in [0.25, 0.3) is 0 Å². The number of pyridine rings is 1. The van der Waals surface area contributed by atoms with E-state index in [4.69, 9.17) is 9.47 Å². The molecule has 2 N–H and O–H groups in total. The van der Waals surface area contributed by atoms with Crippen LogP contribution in [0.2, 0.25) is 0 Å². The molecule has 3 rings (SSSR count). The van der Waals surface area contributed by atoms with Gasteiger partial charge in [0.1, 0.15) is 0 Å². The minimum atomic E-state index is -0.380. The molecule has 0 saturated carbocycles. The molecule has 0 fully saturated rings. The number of fused-ring (bicyclic) bond motifs is 1. The van der Waals surface area contributed by atoms with Gasteiger partial charge in [-0.05, 0) is 43.5 Å². The predicted octanol–water partition coefficient (Wildman–Crippen LogP) is 3.43. The molecule has 0 spiro atoms. The summed E-state index contributed by atoms with van der Waals surface area (Å²) in [5.74, 6) is 1.53. The highest BCUT2D eigenvalue weighted by atomic mass is 16.7. The minimum Gasteiger partial charge on any atom is -0.454 e. The summed E-state index contributed by atoms with van der Waals surface area (Å²) in [6.07, 6.45) is 1.79. The first-order valence-corrected chi connectivity index (χ1v) is 8.83. The van der Waals surface area contributed by atoms with Crippen molar-refractivity contribution in [3.63, 3.8) is 0 Å². The van der Waals surface area contributed by atoms with Crippen molar-refractivity contribution in [1.29, 1.82) is 0 Å². The first kappa shape index (κ1) is 18.2. The first-order valence-electron chi connectivity index (χ1n) is 8.83. The molecule has 2 unspecified atom stereocenters. The van der Waals surface area contributed by atoms with E-state index in [1.54, 1.807) is 24.4 Å². The standard InChI is InChI=1S/C20H25N3O3/c1-12(2)18(19-13(3)6-5-9-21-19)22-14(4)20(24)23-15-7-8-16-17(10-15)26-11-25-16/h5-10,12,14,18,22H,11H2,1-4H3,(H,23,24). The molecule has 2 aromatic rings. The van der Waals surface area contributed by atoms with E-state index in [0.29, 0.717) is 23.1 Å². The Bertz CT molecular complexity index is 792. The number of aryl methyl sites for hydroxylation is 1. The third-order valence-electron chi connectivity index (χ3n) is 4.47. The van der Waals surface area contributed by atoms with Gasteiger partial charge in [0.2, 0.25) is 12.7 Å². The number of nitrogens with zero attached hydrogens (tertiary/aromatic N) is 1. The fourth-order valence-electron chi connectivity index (χ4n) is 2.98. The summed E-state index contributed by atoms with van der Waals surface area (Å²) in [5.41, 5.74) is 2.77. The van der Waals surface area contributed by atoms with E-state index in [1.165, 1.54) is 0 Å². The van der Waals surface area contributed by atoms with E-state index in [1.807, 2.05) is 26.0 Å². The lowest BCUT2D eigenvalue weighted by atomic mass is 9.96. The predicted molar refractivity (Wildman–Crippen MR) is 100 cm³/mol. The van der Waals surface area contributed by atoms with Crippen LogP contribution in [0.15, 0.2) is 36.5 Å². The molecule has 2 atom stereocenters. The van der Waals surface area contributed by atoms with Gasteiger partial charge in [-0.2, -0.15) is 0 Å². The van der Waals surface area contributed by atoms with Gasteiger partial charge in [0.05, 0.1) is 17.8 Å². The Morgan fingerprint density at radius 1 is 1.15 bits per heavy atom. The summed E-state index contributed by atoms with van der Waals surface area (Å²) in [5, 5.41) is 6.34. The summed E-state index contributed by atoms with van der Waals surface area (Å²) in [6.45, 7) is 8.35. The minimum absolute atomic E-state index is 0.00583. The van der Waals surface area contributed by atoms with Gasteiger partial charge in [-0.25, -0.2) is 0 Å². The summed E-state index contributed by atoms with van der Waals surface area (Å²) >= 11 is 0. The summed E-state index contributed by atoms with van der Waals surface area (Å²) < 4.78 is 10.6. The molecule has 26 heavy (non-hydrogen) atoms. The van der Waals surface area contributed by atoms with Gasteiger partial charge >= 0.3 is 0 Å². The van der Waals surface area contributed by atoms with Crippen LogP contribution in [0, 0.1) is 12.8 Å². The van der Waals surface area contributed by atoms with E-state index >= 15 is 0 Å². The van der Waals surface area contributed by atoms with Crippen molar-refractivity contribution in [2.24, 2.45) is 5.92 Å². The van der Waals surface area contributed by atoms with E-state index in [9.17, 15) is 4.79 Å². The molecule has 1 aliphatic rings. The average molecular weight is 355 g/mol. The zero-order valence-corrected chi connectivity index (χ0v) is 15.6. The van der Waals surface area contributed by atoms with E-state index in [-0.39, 0.29) is 24.8 Å². The Kier molecular flexibility index (Phi) is 5.42. The number of hydrogen-bond acceptors (Lipinski definition) is 5. The highest BCUT2D eigenvalue weighted by Gasteiger charge is 2.24. The van der Waals surface area contributed by atoms with Crippen LogP contribution in [-0.4, -0.2) is 23.7 Å². The molecule has 0 saturated heterocycles. The Balaban J connectivity index is 1.68. The normalized spacial score (nSPS) is 15.0. The number of aromatic nitrogens is 1. The Morgan fingerprint density at radius 3 is 2.65 bits per heavy atom. The maximum atomic E-state index is 12.6. The number of rotatable bonds is 6. The van der Waals surface area contributed by atoms with Crippen LogP contribution in [0.5, 0.6) is 11.5 Å². The maximum Gasteiger partial charge on any atom is 0.241 e. The fraction of sp³-hybridized carbons (Fsp3) is 0.400. The van der Waals surface area contributed by atoms with Gasteiger partial charge in [-0.3, -0.25) is 15.1 Å².